The Balaban J connectivity index is 1.39. The van der Waals surface area contributed by atoms with Gasteiger partial charge in [-0.2, -0.15) is 0 Å². The Labute approximate surface area is 176 Å². The van der Waals surface area contributed by atoms with Crippen molar-refractivity contribution in [2.45, 2.75) is 51.7 Å². The number of likely N-dealkylation sites (tertiary alicyclic amines) is 1. The van der Waals surface area contributed by atoms with Gasteiger partial charge in [0.1, 0.15) is 0 Å². The molecule has 1 amide bonds. The van der Waals surface area contributed by atoms with Gasteiger partial charge in [-0.15, -0.1) is 0 Å². The quantitative estimate of drug-likeness (QED) is 0.619. The Morgan fingerprint density at radius 3 is 2.25 bits per heavy atom. The number of nitrogens with zero attached hydrogens (tertiary/aromatic N) is 2. The molecule has 0 spiro atoms. The fourth-order valence-electron chi connectivity index (χ4n) is 4.32. The van der Waals surface area contributed by atoms with Crippen molar-refractivity contribution >= 4 is 27.6 Å². The van der Waals surface area contributed by atoms with Crippen LogP contribution in [-0.2, 0) is 9.53 Å². The summed E-state index contributed by atoms with van der Waals surface area (Å²) in [5.41, 5.74) is 0.670. The van der Waals surface area contributed by atoms with Gasteiger partial charge in [-0.3, -0.25) is 14.5 Å². The van der Waals surface area contributed by atoms with Gasteiger partial charge < -0.3 is 9.64 Å². The van der Waals surface area contributed by atoms with E-state index >= 15 is 0 Å². The number of piperidine rings is 1. The molecule has 6 heteroatoms. The predicted molar refractivity (Wildman–Crippen MR) is 113 cm³/mol. The third-order valence-corrected chi connectivity index (χ3v) is 6.24. The van der Waals surface area contributed by atoms with Crippen molar-refractivity contribution < 1.29 is 14.3 Å². The Hall–Kier alpha value is -1.24. The second kappa shape index (κ2) is 9.99. The molecular weight excluding hydrogens is 420 g/mol. The lowest BCUT2D eigenvalue weighted by Gasteiger charge is -2.39. The highest BCUT2D eigenvalue weighted by Crippen LogP contribution is 2.22. The van der Waals surface area contributed by atoms with Gasteiger partial charge in [-0.25, -0.2) is 0 Å². The van der Waals surface area contributed by atoms with Crippen LogP contribution in [-0.4, -0.2) is 66.4 Å². The largest absolute Gasteiger partial charge is 0.373 e. The molecule has 0 aromatic heterocycles. The van der Waals surface area contributed by atoms with Crippen molar-refractivity contribution in [3.8, 4) is 0 Å². The van der Waals surface area contributed by atoms with Gasteiger partial charge in [0.05, 0.1) is 12.2 Å². The Kier molecular flexibility index (Phi) is 7.66. The maximum Gasteiger partial charge on any atom is 0.223 e. The molecule has 28 heavy (non-hydrogen) atoms. The smallest absolute Gasteiger partial charge is 0.223 e. The third kappa shape index (κ3) is 6.13. The van der Waals surface area contributed by atoms with E-state index in [2.05, 4.69) is 34.7 Å². The van der Waals surface area contributed by atoms with Crippen LogP contribution >= 0.6 is 15.9 Å². The number of Topliss-reactive ketones (excluding diaryl/α,β-unsaturated/α-hetero) is 1. The number of morpholine rings is 1. The summed E-state index contributed by atoms with van der Waals surface area (Å²) in [7, 11) is 0. The SMILES string of the molecule is CC1CN(CC2CCN(C(=O)CCC(=O)c3ccc(Br)cc3)CC2)CC(C)O1. The maximum atomic E-state index is 12.5. The van der Waals surface area contributed by atoms with Gasteiger partial charge in [0.25, 0.3) is 0 Å². The van der Waals surface area contributed by atoms with Crippen LogP contribution in [0.3, 0.4) is 0 Å². The van der Waals surface area contributed by atoms with Crippen molar-refractivity contribution in [1.29, 1.82) is 0 Å². The first-order valence-electron chi connectivity index (χ1n) is 10.3. The van der Waals surface area contributed by atoms with Gasteiger partial charge in [-0.05, 0) is 44.7 Å². The first kappa shape index (κ1) is 21.5. The first-order valence-corrected chi connectivity index (χ1v) is 11.1. The van der Waals surface area contributed by atoms with Crippen molar-refractivity contribution in [2.75, 3.05) is 32.7 Å². The Bertz CT molecular complexity index is 661. The molecule has 2 aliphatic rings. The number of ketones is 1. The van der Waals surface area contributed by atoms with Crippen LogP contribution in [0.25, 0.3) is 0 Å². The molecule has 0 bridgehead atoms. The molecule has 2 unspecified atom stereocenters. The van der Waals surface area contributed by atoms with E-state index in [1.54, 1.807) is 12.1 Å². The second-order valence-electron chi connectivity index (χ2n) is 8.23. The second-order valence-corrected chi connectivity index (χ2v) is 9.15. The summed E-state index contributed by atoms with van der Waals surface area (Å²) in [6.07, 6.45) is 3.28. The number of benzene rings is 1. The molecule has 0 radical (unpaired) electrons. The summed E-state index contributed by atoms with van der Waals surface area (Å²) in [6, 6.07) is 7.32. The molecule has 2 aliphatic heterocycles. The van der Waals surface area contributed by atoms with E-state index in [0.717, 1.165) is 50.0 Å². The van der Waals surface area contributed by atoms with Crippen LogP contribution in [0.5, 0.6) is 0 Å². The topological polar surface area (TPSA) is 49.9 Å². The van der Waals surface area contributed by atoms with Crippen LogP contribution in [0.15, 0.2) is 28.7 Å². The minimum atomic E-state index is 0.0336. The summed E-state index contributed by atoms with van der Waals surface area (Å²) in [5, 5.41) is 0. The molecule has 3 rings (SSSR count). The maximum absolute atomic E-state index is 12.5. The molecule has 1 aromatic carbocycles. The molecular formula is C22H31BrN2O3. The molecule has 2 fully saturated rings. The van der Waals surface area contributed by atoms with Crippen molar-refractivity contribution in [3.05, 3.63) is 34.3 Å². The van der Waals surface area contributed by atoms with Gasteiger partial charge >= 0.3 is 0 Å². The minimum Gasteiger partial charge on any atom is -0.373 e. The first-order chi connectivity index (χ1) is 13.4. The Morgan fingerprint density at radius 1 is 1.04 bits per heavy atom. The van der Waals surface area contributed by atoms with E-state index in [1.807, 2.05) is 17.0 Å². The minimum absolute atomic E-state index is 0.0336. The Morgan fingerprint density at radius 2 is 1.64 bits per heavy atom. The zero-order valence-corrected chi connectivity index (χ0v) is 18.5. The highest BCUT2D eigenvalue weighted by Gasteiger charge is 2.28. The lowest BCUT2D eigenvalue weighted by atomic mass is 9.95. The zero-order valence-electron chi connectivity index (χ0n) is 16.9. The van der Waals surface area contributed by atoms with Gasteiger partial charge in [-0.1, -0.05) is 28.1 Å². The number of rotatable bonds is 6. The van der Waals surface area contributed by atoms with Crippen molar-refractivity contribution in [1.82, 2.24) is 9.80 Å². The van der Waals surface area contributed by atoms with Crippen LogP contribution in [0.2, 0.25) is 0 Å². The lowest BCUT2D eigenvalue weighted by Crippen LogP contribution is -2.48. The van der Waals surface area contributed by atoms with Crippen LogP contribution in [0, 0.1) is 5.92 Å². The molecule has 154 valence electrons. The molecule has 2 atom stereocenters. The van der Waals surface area contributed by atoms with Gasteiger partial charge in [0.2, 0.25) is 5.91 Å². The standard InChI is InChI=1S/C22H31BrN2O3/c1-16-13-24(14-17(2)28-16)15-18-9-11-25(12-10-18)22(27)8-7-21(26)19-3-5-20(23)6-4-19/h3-6,16-18H,7-15H2,1-2H3. The number of carbonyl (C=O) groups excluding carboxylic acids is 2. The van der Waals surface area contributed by atoms with E-state index in [4.69, 9.17) is 4.74 Å². The molecule has 0 saturated carbocycles. The van der Waals surface area contributed by atoms with Crippen LogP contribution in [0.1, 0.15) is 49.9 Å². The number of amides is 1. The number of ether oxygens (including phenoxy) is 1. The number of carbonyl (C=O) groups is 2. The average molecular weight is 451 g/mol. The summed E-state index contributed by atoms with van der Waals surface area (Å²) < 4.78 is 6.76. The van der Waals surface area contributed by atoms with E-state index in [9.17, 15) is 9.59 Å². The molecule has 1 aromatic rings. The molecule has 5 nitrogen and oxygen atoms in total. The molecule has 2 heterocycles. The van der Waals surface area contributed by atoms with Crippen LogP contribution < -0.4 is 0 Å². The number of hydrogen-bond donors (Lipinski definition) is 0. The highest BCUT2D eigenvalue weighted by molar-refractivity contribution is 9.10. The van der Waals surface area contributed by atoms with Gasteiger partial charge in [0.15, 0.2) is 5.78 Å². The predicted octanol–water partition coefficient (Wildman–Crippen LogP) is 3.76. The summed E-state index contributed by atoms with van der Waals surface area (Å²) >= 11 is 3.37. The van der Waals surface area contributed by atoms with E-state index in [0.29, 0.717) is 30.1 Å². The van der Waals surface area contributed by atoms with Gasteiger partial charge in [0, 0.05) is 55.6 Å². The third-order valence-electron chi connectivity index (χ3n) is 5.71. The molecule has 2 saturated heterocycles. The fourth-order valence-corrected chi connectivity index (χ4v) is 4.59. The van der Waals surface area contributed by atoms with E-state index in [1.165, 1.54) is 0 Å². The monoisotopic (exact) mass is 450 g/mol. The number of halogens is 1. The lowest BCUT2D eigenvalue weighted by molar-refractivity contribution is -0.132. The molecule has 0 N–H and O–H groups in total. The van der Waals surface area contributed by atoms with E-state index < -0.39 is 0 Å². The van der Waals surface area contributed by atoms with Crippen molar-refractivity contribution in [3.63, 3.8) is 0 Å². The summed E-state index contributed by atoms with van der Waals surface area (Å²) in [6.45, 7) is 9.00. The summed E-state index contributed by atoms with van der Waals surface area (Å²) in [5.74, 6) is 0.787. The van der Waals surface area contributed by atoms with Crippen molar-refractivity contribution in [2.24, 2.45) is 5.92 Å². The van der Waals surface area contributed by atoms with E-state index in [-0.39, 0.29) is 18.1 Å². The highest BCUT2D eigenvalue weighted by atomic mass is 79.9. The zero-order chi connectivity index (χ0) is 20.1. The summed E-state index contributed by atoms with van der Waals surface area (Å²) in [4.78, 5) is 29.2. The normalized spacial score (nSPS) is 24.3. The van der Waals surface area contributed by atoms with Crippen LogP contribution in [0.4, 0.5) is 0 Å². The number of hydrogen-bond acceptors (Lipinski definition) is 4. The fraction of sp³-hybridized carbons (Fsp3) is 0.636. The molecule has 0 aliphatic carbocycles. The average Bonchev–Trinajstić information content (AvgIpc) is 2.66.